The minimum atomic E-state index is -0.953. The molecule has 1 fully saturated rings. The van der Waals surface area contributed by atoms with Gasteiger partial charge in [0.15, 0.2) is 11.4 Å². The van der Waals surface area contributed by atoms with Crippen molar-refractivity contribution >= 4 is 23.4 Å². The van der Waals surface area contributed by atoms with Gasteiger partial charge in [-0.2, -0.15) is 0 Å². The molecule has 3 heterocycles. The monoisotopic (exact) mass is 448 g/mol. The van der Waals surface area contributed by atoms with E-state index in [1.165, 1.54) is 27.9 Å². The van der Waals surface area contributed by atoms with Gasteiger partial charge in [0, 0.05) is 36.9 Å². The van der Waals surface area contributed by atoms with Gasteiger partial charge in [-0.05, 0) is 30.9 Å². The fourth-order valence-corrected chi connectivity index (χ4v) is 4.26. The Bertz CT molecular complexity index is 1140. The summed E-state index contributed by atoms with van der Waals surface area (Å²) in [6.45, 7) is 2.52. The van der Waals surface area contributed by atoms with Crippen LogP contribution >= 0.6 is 11.6 Å². The number of hydrogen-bond donors (Lipinski definition) is 2. The molecule has 31 heavy (non-hydrogen) atoms. The van der Waals surface area contributed by atoms with Gasteiger partial charge in [0.2, 0.25) is 5.43 Å². The van der Waals surface area contributed by atoms with Gasteiger partial charge >= 0.3 is 0 Å². The van der Waals surface area contributed by atoms with Crippen LogP contribution < -0.4 is 15.8 Å². The van der Waals surface area contributed by atoms with Crippen LogP contribution in [0.2, 0.25) is 5.02 Å². The lowest BCUT2D eigenvalue weighted by molar-refractivity contribution is 0.0557. The zero-order valence-corrected chi connectivity index (χ0v) is 17.8. The second-order valence-corrected chi connectivity index (χ2v) is 8.46. The number of aromatic hydroxyl groups is 1. The van der Waals surface area contributed by atoms with Gasteiger partial charge in [0.25, 0.3) is 11.8 Å². The maximum absolute atomic E-state index is 14.0. The molecule has 4 rings (SSSR count). The Morgan fingerprint density at radius 3 is 2.81 bits per heavy atom. The molecule has 1 aromatic carbocycles. The lowest BCUT2D eigenvalue weighted by atomic mass is 9.96. The highest BCUT2D eigenvalue weighted by Crippen LogP contribution is 2.30. The van der Waals surface area contributed by atoms with Gasteiger partial charge in [0.1, 0.15) is 17.5 Å². The summed E-state index contributed by atoms with van der Waals surface area (Å²) in [4.78, 5) is 39.7. The summed E-state index contributed by atoms with van der Waals surface area (Å²) < 4.78 is 15.4. The van der Waals surface area contributed by atoms with E-state index >= 15 is 0 Å². The number of nitrogens with zero attached hydrogens (tertiary/aromatic N) is 3. The van der Waals surface area contributed by atoms with Crippen LogP contribution in [0.5, 0.6) is 5.75 Å². The summed E-state index contributed by atoms with van der Waals surface area (Å²) in [6, 6.07) is 4.05. The first kappa shape index (κ1) is 21.2. The largest absolute Gasteiger partial charge is 0.502 e. The Morgan fingerprint density at radius 2 is 2.10 bits per heavy atom. The van der Waals surface area contributed by atoms with Gasteiger partial charge in [0.05, 0.1) is 0 Å². The van der Waals surface area contributed by atoms with Gasteiger partial charge in [-0.3, -0.25) is 24.1 Å². The number of halogens is 2. The maximum atomic E-state index is 14.0. The number of amides is 2. The van der Waals surface area contributed by atoms with Crippen LogP contribution in [0, 0.1) is 11.7 Å². The van der Waals surface area contributed by atoms with Crippen LogP contribution in [0.25, 0.3) is 0 Å². The number of aromatic nitrogens is 1. The SMILES string of the molecule is C[C@H]1CCN2[C@@H](C1)N(C)C(=O)c1c(O)c(=O)c(C(=O)NCc3ccc(Cl)cc3F)cn12. The number of nitrogens with one attached hydrogen (secondary N) is 1. The molecule has 0 aliphatic carbocycles. The molecule has 8 nitrogen and oxygen atoms in total. The van der Waals surface area contributed by atoms with E-state index in [1.54, 1.807) is 7.05 Å². The molecule has 10 heteroatoms. The van der Waals surface area contributed by atoms with Crippen LogP contribution in [-0.4, -0.2) is 46.3 Å². The molecule has 1 saturated heterocycles. The lowest BCUT2D eigenvalue weighted by Crippen LogP contribution is -2.62. The summed E-state index contributed by atoms with van der Waals surface area (Å²) in [5, 5.41) is 15.1. The molecule has 0 bridgehead atoms. The average molecular weight is 449 g/mol. The fourth-order valence-electron chi connectivity index (χ4n) is 4.10. The molecule has 2 atom stereocenters. The molecular weight excluding hydrogens is 427 g/mol. The zero-order valence-electron chi connectivity index (χ0n) is 17.1. The Balaban J connectivity index is 1.68. The molecule has 0 radical (unpaired) electrons. The maximum Gasteiger partial charge on any atom is 0.277 e. The molecule has 164 valence electrons. The van der Waals surface area contributed by atoms with E-state index in [9.17, 15) is 23.9 Å². The molecule has 0 spiro atoms. The number of fused-ring (bicyclic) bond motifs is 3. The summed E-state index contributed by atoms with van der Waals surface area (Å²) >= 11 is 5.73. The van der Waals surface area contributed by atoms with Crippen LogP contribution in [0.1, 0.15) is 46.2 Å². The predicted octanol–water partition coefficient (Wildman–Crippen LogP) is 2.06. The molecule has 0 unspecified atom stereocenters. The molecule has 1 aromatic heterocycles. The minimum Gasteiger partial charge on any atom is -0.502 e. The number of pyridine rings is 1. The normalized spacial score (nSPS) is 20.3. The quantitative estimate of drug-likeness (QED) is 0.749. The molecule has 2 amide bonds. The van der Waals surface area contributed by atoms with E-state index in [4.69, 9.17) is 11.6 Å². The molecular formula is C21H22ClFN4O4. The van der Waals surface area contributed by atoms with E-state index in [0.717, 1.165) is 18.9 Å². The highest BCUT2D eigenvalue weighted by molar-refractivity contribution is 6.30. The Labute approximate surface area is 182 Å². The van der Waals surface area contributed by atoms with Crippen molar-refractivity contribution in [3.63, 3.8) is 0 Å². The predicted molar refractivity (Wildman–Crippen MR) is 112 cm³/mol. The van der Waals surface area contributed by atoms with Crippen LogP contribution in [0.15, 0.2) is 29.2 Å². The Kier molecular flexibility index (Phi) is 5.38. The standard InChI is InChI=1S/C21H22ClFN4O4/c1-11-5-6-26-16(7-11)25(2)21(31)17-19(29)18(28)14(10-27(17)26)20(30)24-9-12-3-4-13(22)8-15(12)23/h3-4,8,10-11,16,29H,5-7,9H2,1-2H3,(H,24,30)/t11-,16-/m0/s1. The fraction of sp³-hybridized carbons (Fsp3) is 0.381. The summed E-state index contributed by atoms with van der Waals surface area (Å²) in [6.07, 6.45) is 2.62. The first-order valence-corrected chi connectivity index (χ1v) is 10.3. The first-order chi connectivity index (χ1) is 14.7. The van der Waals surface area contributed by atoms with E-state index in [-0.39, 0.29) is 34.6 Å². The van der Waals surface area contributed by atoms with Gasteiger partial charge < -0.3 is 15.3 Å². The smallest absolute Gasteiger partial charge is 0.277 e. The van der Waals surface area contributed by atoms with Crippen molar-refractivity contribution < 1.29 is 19.1 Å². The van der Waals surface area contributed by atoms with Crippen molar-refractivity contribution in [1.29, 1.82) is 0 Å². The van der Waals surface area contributed by atoms with E-state index in [2.05, 4.69) is 12.2 Å². The second-order valence-electron chi connectivity index (χ2n) is 8.02. The molecule has 2 aliphatic heterocycles. The van der Waals surface area contributed by atoms with Crippen LogP contribution in [0.3, 0.4) is 0 Å². The van der Waals surface area contributed by atoms with E-state index < -0.39 is 28.8 Å². The number of benzene rings is 1. The summed E-state index contributed by atoms with van der Waals surface area (Å²) in [5.41, 5.74) is -1.25. The first-order valence-electron chi connectivity index (χ1n) is 9.94. The Morgan fingerprint density at radius 1 is 1.35 bits per heavy atom. The van der Waals surface area contributed by atoms with Crippen molar-refractivity contribution in [1.82, 2.24) is 14.9 Å². The average Bonchev–Trinajstić information content (AvgIpc) is 2.73. The third-order valence-corrected chi connectivity index (χ3v) is 6.15. The molecule has 2 aromatic rings. The number of carbonyl (C=O) groups is 2. The van der Waals surface area contributed by atoms with Gasteiger partial charge in [-0.25, -0.2) is 4.39 Å². The lowest BCUT2D eigenvalue weighted by Gasteiger charge is -2.49. The zero-order chi connectivity index (χ0) is 22.4. The number of rotatable bonds is 3. The summed E-state index contributed by atoms with van der Waals surface area (Å²) in [7, 11) is 1.63. The van der Waals surface area contributed by atoms with Gasteiger partial charge in [-0.1, -0.05) is 24.6 Å². The topological polar surface area (TPSA) is 94.9 Å². The van der Waals surface area contributed by atoms with E-state index in [0.29, 0.717) is 12.5 Å². The van der Waals surface area contributed by atoms with E-state index in [1.807, 2.05) is 5.01 Å². The Hall–Kier alpha value is -3.07. The number of hydrogen-bond acceptors (Lipinski definition) is 5. The van der Waals surface area contributed by atoms with Gasteiger partial charge in [-0.15, -0.1) is 0 Å². The van der Waals surface area contributed by atoms with Crippen molar-refractivity contribution in [3.05, 3.63) is 62.3 Å². The third kappa shape index (κ3) is 3.63. The molecule has 2 aliphatic rings. The van der Waals surface area contributed by atoms with Crippen LogP contribution in [0.4, 0.5) is 4.39 Å². The third-order valence-electron chi connectivity index (χ3n) is 5.92. The molecule has 2 N–H and O–H groups in total. The highest BCUT2D eigenvalue weighted by Gasteiger charge is 2.41. The van der Waals surface area contributed by atoms with Crippen molar-refractivity contribution in [3.8, 4) is 5.75 Å². The highest BCUT2D eigenvalue weighted by atomic mass is 35.5. The summed E-state index contributed by atoms with van der Waals surface area (Å²) in [5.74, 6) is -2.22. The minimum absolute atomic E-state index is 0.168. The van der Waals surface area contributed by atoms with Crippen molar-refractivity contribution in [2.75, 3.05) is 18.6 Å². The second kappa shape index (κ2) is 7.88. The van der Waals surface area contributed by atoms with Crippen LogP contribution in [-0.2, 0) is 6.54 Å². The van der Waals surface area contributed by atoms with Crippen molar-refractivity contribution in [2.24, 2.45) is 5.92 Å². The number of carbonyl (C=O) groups excluding carboxylic acids is 2. The van der Waals surface area contributed by atoms with Crippen molar-refractivity contribution in [2.45, 2.75) is 32.5 Å². The number of piperidine rings is 1. The molecule has 0 saturated carbocycles.